The average Bonchev–Trinajstić information content (AvgIpc) is 2.51. The molecule has 2 heterocycles. The smallest absolute Gasteiger partial charge is 0.236 e. The van der Waals surface area contributed by atoms with E-state index in [2.05, 4.69) is 20.9 Å². The molecule has 2 aromatic rings. The Bertz CT molecular complexity index is 678. The maximum absolute atomic E-state index is 13.6. The Morgan fingerprint density at radius 3 is 2.69 bits per heavy atom. The zero-order valence-corrected chi connectivity index (χ0v) is 10.9. The highest BCUT2D eigenvalue weighted by atomic mass is 79.9. The SMILES string of the molecule is Cc1ncc(Br)c2c(F)cn(S(C)(=O)=O)c12. The van der Waals surface area contributed by atoms with Crippen molar-refractivity contribution in [1.29, 1.82) is 0 Å². The number of aryl methyl sites for hydroxylation is 1. The summed E-state index contributed by atoms with van der Waals surface area (Å²) < 4.78 is 37.9. The number of halogens is 2. The summed E-state index contributed by atoms with van der Waals surface area (Å²) in [6.07, 6.45) is 3.43. The predicted octanol–water partition coefficient (Wildman–Crippen LogP) is 2.05. The van der Waals surface area contributed by atoms with Gasteiger partial charge in [-0.05, 0) is 22.9 Å². The zero-order chi connectivity index (χ0) is 12.1. The summed E-state index contributed by atoms with van der Waals surface area (Å²) in [5, 5.41) is 0.234. The summed E-state index contributed by atoms with van der Waals surface area (Å²) in [7, 11) is -3.53. The number of pyridine rings is 1. The molecule has 0 saturated heterocycles. The number of hydrogen-bond acceptors (Lipinski definition) is 3. The van der Waals surface area contributed by atoms with Gasteiger partial charge in [-0.25, -0.2) is 16.8 Å². The van der Waals surface area contributed by atoms with E-state index in [1.54, 1.807) is 6.92 Å². The minimum atomic E-state index is -3.53. The van der Waals surface area contributed by atoms with Gasteiger partial charge in [-0.1, -0.05) is 0 Å². The van der Waals surface area contributed by atoms with Crippen LogP contribution < -0.4 is 0 Å². The van der Waals surface area contributed by atoms with Crippen molar-refractivity contribution in [3.8, 4) is 0 Å². The van der Waals surface area contributed by atoms with Crippen molar-refractivity contribution in [1.82, 2.24) is 8.96 Å². The quantitative estimate of drug-likeness (QED) is 0.810. The number of aromatic nitrogens is 2. The summed E-state index contributed by atoms with van der Waals surface area (Å²) in [4.78, 5) is 4.00. The third kappa shape index (κ3) is 1.63. The van der Waals surface area contributed by atoms with Gasteiger partial charge in [-0.2, -0.15) is 0 Å². The Morgan fingerprint density at radius 2 is 2.12 bits per heavy atom. The predicted molar refractivity (Wildman–Crippen MR) is 62.4 cm³/mol. The van der Waals surface area contributed by atoms with Crippen molar-refractivity contribution >= 4 is 36.9 Å². The zero-order valence-electron chi connectivity index (χ0n) is 8.53. The molecule has 0 bridgehead atoms. The van der Waals surface area contributed by atoms with E-state index in [4.69, 9.17) is 0 Å². The van der Waals surface area contributed by atoms with E-state index in [-0.39, 0.29) is 10.9 Å². The van der Waals surface area contributed by atoms with Crippen LogP contribution in [0.15, 0.2) is 16.9 Å². The van der Waals surface area contributed by atoms with Crippen LogP contribution in [-0.2, 0) is 10.0 Å². The molecule has 0 atom stereocenters. The van der Waals surface area contributed by atoms with Gasteiger partial charge in [-0.3, -0.25) is 4.98 Å². The molecule has 0 amide bonds. The molecule has 4 nitrogen and oxygen atoms in total. The van der Waals surface area contributed by atoms with Crippen LogP contribution in [0.4, 0.5) is 4.39 Å². The fourth-order valence-electron chi connectivity index (χ4n) is 1.56. The van der Waals surface area contributed by atoms with Crippen LogP contribution in [0.5, 0.6) is 0 Å². The molecular formula is C9H8BrFN2O2S. The Kier molecular flexibility index (Phi) is 2.54. The molecule has 0 aliphatic carbocycles. The molecule has 16 heavy (non-hydrogen) atoms. The first-order valence-electron chi connectivity index (χ1n) is 4.34. The van der Waals surface area contributed by atoms with Gasteiger partial charge in [0.1, 0.15) is 0 Å². The summed E-state index contributed by atoms with van der Waals surface area (Å²) in [6, 6.07) is 0. The van der Waals surface area contributed by atoms with Gasteiger partial charge in [0.2, 0.25) is 10.0 Å². The molecule has 0 aliphatic heterocycles. The molecule has 0 unspecified atom stereocenters. The van der Waals surface area contributed by atoms with E-state index in [1.807, 2.05) is 0 Å². The summed E-state index contributed by atoms with van der Waals surface area (Å²) in [6.45, 7) is 1.63. The number of rotatable bonds is 1. The van der Waals surface area contributed by atoms with Crippen molar-refractivity contribution in [2.45, 2.75) is 6.92 Å². The lowest BCUT2D eigenvalue weighted by Crippen LogP contribution is -2.09. The maximum atomic E-state index is 13.6. The van der Waals surface area contributed by atoms with E-state index in [0.29, 0.717) is 10.2 Å². The van der Waals surface area contributed by atoms with Gasteiger partial charge >= 0.3 is 0 Å². The molecule has 0 aliphatic rings. The van der Waals surface area contributed by atoms with E-state index in [1.165, 1.54) is 6.20 Å². The first kappa shape index (κ1) is 11.5. The Labute approximate surface area is 100 Å². The van der Waals surface area contributed by atoms with E-state index < -0.39 is 15.8 Å². The second-order valence-electron chi connectivity index (χ2n) is 3.45. The second-order valence-corrected chi connectivity index (χ2v) is 6.16. The molecule has 0 spiro atoms. The fraction of sp³-hybridized carbons (Fsp3) is 0.222. The van der Waals surface area contributed by atoms with Crippen LogP contribution >= 0.6 is 15.9 Å². The topological polar surface area (TPSA) is 52.0 Å². The molecular weight excluding hydrogens is 299 g/mol. The number of hydrogen-bond donors (Lipinski definition) is 0. The largest absolute Gasteiger partial charge is 0.258 e. The van der Waals surface area contributed by atoms with Crippen LogP contribution in [-0.4, -0.2) is 23.6 Å². The van der Waals surface area contributed by atoms with Crippen molar-refractivity contribution in [2.75, 3.05) is 6.26 Å². The van der Waals surface area contributed by atoms with Gasteiger partial charge in [-0.15, -0.1) is 0 Å². The van der Waals surface area contributed by atoms with Crippen molar-refractivity contribution in [3.05, 3.63) is 28.4 Å². The Hall–Kier alpha value is -0.950. The Balaban J connectivity index is 3.06. The molecule has 0 aromatic carbocycles. The van der Waals surface area contributed by atoms with Gasteiger partial charge in [0.25, 0.3) is 0 Å². The molecule has 2 aromatic heterocycles. The molecule has 0 fully saturated rings. The summed E-state index contributed by atoms with van der Waals surface area (Å²) in [5.74, 6) is -0.585. The average molecular weight is 307 g/mol. The fourth-order valence-corrected chi connectivity index (χ4v) is 2.88. The summed E-state index contributed by atoms with van der Waals surface area (Å²) >= 11 is 3.15. The minimum absolute atomic E-state index is 0.234. The van der Waals surface area contributed by atoms with Crippen LogP contribution in [0, 0.1) is 12.7 Å². The van der Waals surface area contributed by atoms with Crippen molar-refractivity contribution in [3.63, 3.8) is 0 Å². The number of fused-ring (bicyclic) bond motifs is 1. The van der Waals surface area contributed by atoms with E-state index in [0.717, 1.165) is 16.4 Å². The third-order valence-electron chi connectivity index (χ3n) is 2.24. The highest BCUT2D eigenvalue weighted by molar-refractivity contribution is 9.10. The van der Waals surface area contributed by atoms with Gasteiger partial charge < -0.3 is 0 Å². The lowest BCUT2D eigenvalue weighted by atomic mass is 10.2. The standard InChI is InChI=1S/C9H8BrFN2O2S/c1-5-9-8(6(10)3-12-5)7(11)4-13(9)16(2,14)15/h3-4H,1-2H3. The lowest BCUT2D eigenvalue weighted by Gasteiger charge is -2.04. The van der Waals surface area contributed by atoms with Crippen LogP contribution in [0.2, 0.25) is 0 Å². The van der Waals surface area contributed by atoms with Crippen LogP contribution in [0.1, 0.15) is 5.69 Å². The number of nitrogens with zero attached hydrogens (tertiary/aromatic N) is 2. The molecule has 0 N–H and O–H groups in total. The molecule has 86 valence electrons. The van der Waals surface area contributed by atoms with E-state index >= 15 is 0 Å². The van der Waals surface area contributed by atoms with Gasteiger partial charge in [0, 0.05) is 10.7 Å². The monoisotopic (exact) mass is 306 g/mol. The highest BCUT2D eigenvalue weighted by Gasteiger charge is 2.19. The van der Waals surface area contributed by atoms with Gasteiger partial charge in [0.15, 0.2) is 5.82 Å². The highest BCUT2D eigenvalue weighted by Crippen LogP contribution is 2.29. The van der Waals surface area contributed by atoms with Crippen molar-refractivity contribution < 1.29 is 12.8 Å². The first-order chi connectivity index (χ1) is 7.32. The maximum Gasteiger partial charge on any atom is 0.236 e. The van der Waals surface area contributed by atoms with Crippen LogP contribution in [0.3, 0.4) is 0 Å². The molecule has 7 heteroatoms. The molecule has 2 rings (SSSR count). The summed E-state index contributed by atoms with van der Waals surface area (Å²) in [5.41, 5.74) is 0.738. The third-order valence-corrected chi connectivity index (χ3v) is 3.84. The molecule has 0 radical (unpaired) electrons. The van der Waals surface area contributed by atoms with E-state index in [9.17, 15) is 12.8 Å². The lowest BCUT2D eigenvalue weighted by molar-refractivity contribution is 0.591. The second kappa shape index (κ2) is 3.53. The minimum Gasteiger partial charge on any atom is -0.258 e. The molecule has 0 saturated carbocycles. The van der Waals surface area contributed by atoms with Crippen LogP contribution in [0.25, 0.3) is 10.9 Å². The Morgan fingerprint density at radius 1 is 1.50 bits per heavy atom. The van der Waals surface area contributed by atoms with Gasteiger partial charge in [0.05, 0.1) is 29.0 Å². The van der Waals surface area contributed by atoms with Crippen molar-refractivity contribution in [2.24, 2.45) is 0 Å². The normalized spacial score (nSPS) is 12.2. The first-order valence-corrected chi connectivity index (χ1v) is 6.98.